The Morgan fingerprint density at radius 1 is 1.41 bits per heavy atom. The van der Waals surface area contributed by atoms with Gasteiger partial charge in [-0.2, -0.15) is 0 Å². The van der Waals surface area contributed by atoms with E-state index in [9.17, 15) is 9.50 Å². The average Bonchev–Trinajstić information content (AvgIpc) is 2.82. The molecule has 2 rings (SSSR count). The number of nitrogens with one attached hydrogen (secondary N) is 1. The average molecular weight is 252 g/mol. The third-order valence-corrected chi connectivity index (χ3v) is 3.20. The van der Waals surface area contributed by atoms with Crippen molar-refractivity contribution >= 4 is 11.3 Å². The minimum atomic E-state index is -0.334. The highest BCUT2D eigenvalue weighted by atomic mass is 32.1. The van der Waals surface area contributed by atoms with E-state index in [-0.39, 0.29) is 11.6 Å². The highest BCUT2D eigenvalue weighted by Crippen LogP contribution is 2.17. The van der Waals surface area contributed by atoms with Crippen molar-refractivity contribution in [2.45, 2.75) is 13.0 Å². The number of thiazole rings is 1. The van der Waals surface area contributed by atoms with E-state index in [1.807, 2.05) is 5.38 Å². The molecule has 0 radical (unpaired) electrons. The van der Waals surface area contributed by atoms with Crippen molar-refractivity contribution in [1.82, 2.24) is 10.3 Å². The maximum Gasteiger partial charge on any atom is 0.123 e. The number of benzene rings is 1. The van der Waals surface area contributed by atoms with Crippen molar-refractivity contribution < 1.29 is 9.50 Å². The number of hydrogen-bond donors (Lipinski definition) is 2. The van der Waals surface area contributed by atoms with E-state index in [1.165, 1.54) is 18.2 Å². The minimum Gasteiger partial charge on any atom is -0.508 e. The van der Waals surface area contributed by atoms with Crippen LogP contribution in [0, 0.1) is 5.82 Å². The van der Waals surface area contributed by atoms with Gasteiger partial charge in [-0.3, -0.25) is 0 Å². The second-order valence-corrected chi connectivity index (χ2v) is 4.60. The second kappa shape index (κ2) is 5.75. The largest absolute Gasteiger partial charge is 0.508 e. The zero-order chi connectivity index (χ0) is 12.1. The van der Waals surface area contributed by atoms with E-state index in [0.717, 1.165) is 18.0 Å². The van der Waals surface area contributed by atoms with Gasteiger partial charge in [-0.1, -0.05) is 0 Å². The standard InChI is InChI=1S/C12H13FN2OS/c13-10-1-2-11(16)9(7-10)8-14-4-3-12-15-5-6-17-12/h1-2,5-7,14,16H,3-4,8H2. The van der Waals surface area contributed by atoms with Crippen LogP contribution in [0.2, 0.25) is 0 Å². The summed E-state index contributed by atoms with van der Waals surface area (Å²) >= 11 is 1.61. The van der Waals surface area contributed by atoms with Gasteiger partial charge in [0.1, 0.15) is 11.6 Å². The van der Waals surface area contributed by atoms with Crippen molar-refractivity contribution in [3.63, 3.8) is 0 Å². The van der Waals surface area contributed by atoms with Crippen LogP contribution < -0.4 is 5.32 Å². The fourth-order valence-corrected chi connectivity index (χ4v) is 2.11. The number of halogens is 1. The molecule has 5 heteroatoms. The molecule has 3 nitrogen and oxygen atoms in total. The first-order valence-corrected chi connectivity index (χ1v) is 6.20. The number of hydrogen-bond acceptors (Lipinski definition) is 4. The Balaban J connectivity index is 1.80. The van der Waals surface area contributed by atoms with E-state index >= 15 is 0 Å². The van der Waals surface area contributed by atoms with Crippen LogP contribution in [-0.4, -0.2) is 16.6 Å². The van der Waals surface area contributed by atoms with E-state index in [0.29, 0.717) is 12.1 Å². The molecule has 1 heterocycles. The fourth-order valence-electron chi connectivity index (χ4n) is 1.49. The van der Waals surface area contributed by atoms with Gasteiger partial charge in [0.2, 0.25) is 0 Å². The first-order valence-electron chi connectivity index (χ1n) is 5.32. The molecule has 0 aliphatic rings. The summed E-state index contributed by atoms with van der Waals surface area (Å²) in [6, 6.07) is 3.95. The first-order chi connectivity index (χ1) is 8.25. The van der Waals surface area contributed by atoms with Gasteiger partial charge in [0, 0.05) is 36.7 Å². The molecular weight excluding hydrogens is 239 g/mol. The minimum absolute atomic E-state index is 0.119. The van der Waals surface area contributed by atoms with Crippen molar-refractivity contribution in [2.75, 3.05) is 6.54 Å². The smallest absolute Gasteiger partial charge is 0.123 e. The number of rotatable bonds is 5. The Bertz CT molecular complexity index is 473. The number of phenolic OH excluding ortho intramolecular Hbond substituents is 1. The van der Waals surface area contributed by atoms with Crippen LogP contribution >= 0.6 is 11.3 Å². The Kier molecular flexibility index (Phi) is 4.06. The first kappa shape index (κ1) is 12.0. The molecule has 0 spiro atoms. The summed E-state index contributed by atoms with van der Waals surface area (Å²) in [5.41, 5.74) is 0.573. The molecule has 1 aromatic carbocycles. The molecule has 0 fully saturated rings. The topological polar surface area (TPSA) is 45.1 Å². The van der Waals surface area contributed by atoms with Gasteiger partial charge in [0.25, 0.3) is 0 Å². The molecule has 0 saturated carbocycles. The van der Waals surface area contributed by atoms with Crippen molar-refractivity contribution in [3.05, 3.63) is 46.2 Å². The van der Waals surface area contributed by atoms with Gasteiger partial charge in [-0.25, -0.2) is 9.37 Å². The van der Waals surface area contributed by atoms with Crippen LogP contribution in [0.1, 0.15) is 10.6 Å². The lowest BCUT2D eigenvalue weighted by Crippen LogP contribution is -2.16. The van der Waals surface area contributed by atoms with Crippen LogP contribution in [0.5, 0.6) is 5.75 Å². The number of nitrogens with zero attached hydrogens (tertiary/aromatic N) is 1. The zero-order valence-electron chi connectivity index (χ0n) is 9.19. The monoisotopic (exact) mass is 252 g/mol. The molecule has 2 aromatic rings. The van der Waals surface area contributed by atoms with E-state index in [4.69, 9.17) is 0 Å². The molecule has 0 saturated heterocycles. The lowest BCUT2D eigenvalue weighted by Gasteiger charge is -2.06. The Labute approximate surface area is 103 Å². The van der Waals surface area contributed by atoms with Crippen LogP contribution in [0.3, 0.4) is 0 Å². The molecule has 0 aliphatic heterocycles. The SMILES string of the molecule is Oc1ccc(F)cc1CNCCc1nccs1. The van der Waals surface area contributed by atoms with Crippen LogP contribution in [0.15, 0.2) is 29.8 Å². The molecule has 0 unspecified atom stereocenters. The summed E-state index contributed by atoms with van der Waals surface area (Å²) < 4.78 is 12.9. The van der Waals surface area contributed by atoms with E-state index < -0.39 is 0 Å². The van der Waals surface area contributed by atoms with Crippen LogP contribution in [-0.2, 0) is 13.0 Å². The normalized spacial score (nSPS) is 10.6. The zero-order valence-corrected chi connectivity index (χ0v) is 10.0. The Hall–Kier alpha value is -1.46. The Morgan fingerprint density at radius 3 is 3.06 bits per heavy atom. The van der Waals surface area contributed by atoms with Gasteiger partial charge in [0.15, 0.2) is 0 Å². The molecule has 1 aromatic heterocycles. The van der Waals surface area contributed by atoms with Crippen molar-refractivity contribution in [2.24, 2.45) is 0 Å². The van der Waals surface area contributed by atoms with Crippen molar-refractivity contribution in [3.8, 4) is 5.75 Å². The number of aromatic hydroxyl groups is 1. The summed E-state index contributed by atoms with van der Waals surface area (Å²) in [4.78, 5) is 4.16. The molecule has 90 valence electrons. The molecule has 0 atom stereocenters. The highest BCUT2D eigenvalue weighted by molar-refractivity contribution is 7.09. The molecule has 2 N–H and O–H groups in total. The van der Waals surface area contributed by atoms with Crippen LogP contribution in [0.4, 0.5) is 4.39 Å². The van der Waals surface area contributed by atoms with Gasteiger partial charge in [-0.05, 0) is 18.2 Å². The highest BCUT2D eigenvalue weighted by Gasteiger charge is 2.02. The molecule has 0 bridgehead atoms. The van der Waals surface area contributed by atoms with E-state index in [2.05, 4.69) is 10.3 Å². The third kappa shape index (κ3) is 3.51. The molecule has 0 amide bonds. The number of aromatic nitrogens is 1. The number of phenols is 1. The van der Waals surface area contributed by atoms with Gasteiger partial charge < -0.3 is 10.4 Å². The molecule has 0 aliphatic carbocycles. The van der Waals surface area contributed by atoms with Gasteiger partial charge >= 0.3 is 0 Å². The maximum atomic E-state index is 12.9. The fraction of sp³-hybridized carbons (Fsp3) is 0.250. The van der Waals surface area contributed by atoms with Gasteiger partial charge in [-0.15, -0.1) is 11.3 Å². The summed E-state index contributed by atoms with van der Waals surface area (Å²) in [5, 5.41) is 15.7. The lowest BCUT2D eigenvalue weighted by molar-refractivity contribution is 0.461. The Morgan fingerprint density at radius 2 is 2.29 bits per heavy atom. The van der Waals surface area contributed by atoms with E-state index in [1.54, 1.807) is 17.5 Å². The second-order valence-electron chi connectivity index (χ2n) is 3.63. The lowest BCUT2D eigenvalue weighted by atomic mass is 10.2. The maximum absolute atomic E-state index is 12.9. The summed E-state index contributed by atoms with van der Waals surface area (Å²) in [5.74, 6) is -0.215. The summed E-state index contributed by atoms with van der Waals surface area (Å²) in [6.45, 7) is 1.21. The predicted molar refractivity (Wildman–Crippen MR) is 65.6 cm³/mol. The quantitative estimate of drug-likeness (QED) is 0.803. The van der Waals surface area contributed by atoms with Crippen molar-refractivity contribution in [1.29, 1.82) is 0 Å². The van der Waals surface area contributed by atoms with Crippen LogP contribution in [0.25, 0.3) is 0 Å². The predicted octanol–water partition coefficient (Wildman–Crippen LogP) is 2.32. The molecular formula is C12H13FN2OS. The summed E-state index contributed by atoms with van der Waals surface area (Å²) in [6.07, 6.45) is 2.62. The third-order valence-electron chi connectivity index (χ3n) is 2.36. The summed E-state index contributed by atoms with van der Waals surface area (Å²) in [7, 11) is 0. The molecule has 17 heavy (non-hydrogen) atoms. The van der Waals surface area contributed by atoms with Gasteiger partial charge in [0.05, 0.1) is 5.01 Å².